The molecule has 0 heterocycles. The van der Waals surface area contributed by atoms with E-state index in [2.05, 4.69) is 10.6 Å². The van der Waals surface area contributed by atoms with E-state index in [0.717, 1.165) is 0 Å². The maximum Gasteiger partial charge on any atom is 0.303 e. The third-order valence-electron chi connectivity index (χ3n) is 2.59. The molecule has 0 saturated carbocycles. The van der Waals surface area contributed by atoms with Crippen molar-refractivity contribution < 1.29 is 19.5 Å². The van der Waals surface area contributed by atoms with Crippen LogP contribution in [0.5, 0.6) is 0 Å². The summed E-state index contributed by atoms with van der Waals surface area (Å²) in [5.74, 6) is -1.56. The largest absolute Gasteiger partial charge is 0.481 e. The first-order valence-electron chi connectivity index (χ1n) is 6.27. The molecule has 110 valence electrons. The molecule has 0 fully saturated rings. The molecule has 0 aromatic heterocycles. The van der Waals surface area contributed by atoms with Gasteiger partial charge in [0.05, 0.1) is 6.04 Å². The van der Waals surface area contributed by atoms with E-state index in [1.165, 1.54) is 7.05 Å². The number of hydrogen-bond donors (Lipinski definition) is 4. The number of rotatable bonds is 8. The second kappa shape index (κ2) is 8.47. The third-order valence-corrected chi connectivity index (χ3v) is 2.59. The maximum absolute atomic E-state index is 11.8. The van der Waals surface area contributed by atoms with E-state index < -0.39 is 24.0 Å². The summed E-state index contributed by atoms with van der Waals surface area (Å²) in [4.78, 5) is 33.8. The molecule has 0 rings (SSSR count). The lowest BCUT2D eigenvalue weighted by Gasteiger charge is -2.21. The topological polar surface area (TPSA) is 122 Å². The van der Waals surface area contributed by atoms with Crippen molar-refractivity contribution in [2.24, 2.45) is 11.7 Å². The lowest BCUT2D eigenvalue weighted by molar-refractivity contribution is -0.137. The van der Waals surface area contributed by atoms with E-state index in [9.17, 15) is 14.4 Å². The van der Waals surface area contributed by atoms with E-state index in [1.54, 1.807) is 0 Å². The van der Waals surface area contributed by atoms with Gasteiger partial charge in [-0.1, -0.05) is 13.8 Å². The maximum atomic E-state index is 11.8. The van der Waals surface area contributed by atoms with Crippen molar-refractivity contribution in [3.63, 3.8) is 0 Å². The summed E-state index contributed by atoms with van der Waals surface area (Å²) in [6.45, 7) is 3.87. The van der Waals surface area contributed by atoms with Gasteiger partial charge in [0.15, 0.2) is 0 Å². The van der Waals surface area contributed by atoms with E-state index in [-0.39, 0.29) is 24.7 Å². The molecule has 7 heteroatoms. The highest BCUT2D eigenvalue weighted by Crippen LogP contribution is 2.05. The second-order valence-corrected chi connectivity index (χ2v) is 4.84. The van der Waals surface area contributed by atoms with Crippen molar-refractivity contribution in [3.05, 3.63) is 0 Å². The molecule has 0 aliphatic rings. The fourth-order valence-electron chi connectivity index (χ4n) is 1.57. The van der Waals surface area contributed by atoms with Crippen LogP contribution in [-0.2, 0) is 14.4 Å². The van der Waals surface area contributed by atoms with Gasteiger partial charge in [-0.3, -0.25) is 14.4 Å². The molecule has 7 nitrogen and oxygen atoms in total. The predicted molar refractivity (Wildman–Crippen MR) is 70.3 cm³/mol. The molecule has 0 saturated heterocycles. The van der Waals surface area contributed by atoms with Gasteiger partial charge in [0.1, 0.15) is 6.04 Å². The van der Waals surface area contributed by atoms with E-state index in [0.29, 0.717) is 6.42 Å². The zero-order chi connectivity index (χ0) is 15.0. The number of aliphatic carboxylic acids is 1. The Morgan fingerprint density at radius 1 is 1.21 bits per heavy atom. The van der Waals surface area contributed by atoms with E-state index >= 15 is 0 Å². The summed E-state index contributed by atoms with van der Waals surface area (Å²) in [7, 11) is 1.49. The Morgan fingerprint density at radius 2 is 1.79 bits per heavy atom. The Labute approximate surface area is 112 Å². The second-order valence-electron chi connectivity index (χ2n) is 4.84. The van der Waals surface area contributed by atoms with Crippen molar-refractivity contribution in [2.45, 2.75) is 45.2 Å². The molecule has 0 radical (unpaired) electrons. The fraction of sp³-hybridized carbons (Fsp3) is 0.750. The molecule has 5 N–H and O–H groups in total. The number of amides is 2. The molecule has 0 aliphatic carbocycles. The van der Waals surface area contributed by atoms with Crippen LogP contribution < -0.4 is 16.4 Å². The van der Waals surface area contributed by atoms with Gasteiger partial charge < -0.3 is 21.5 Å². The summed E-state index contributed by atoms with van der Waals surface area (Å²) in [6, 6.07) is -1.57. The van der Waals surface area contributed by atoms with Crippen LogP contribution in [0.4, 0.5) is 0 Å². The molecular weight excluding hydrogens is 250 g/mol. The van der Waals surface area contributed by atoms with Crippen LogP contribution in [0.3, 0.4) is 0 Å². The first-order chi connectivity index (χ1) is 8.77. The molecule has 0 bridgehead atoms. The number of hydrogen-bond acceptors (Lipinski definition) is 4. The van der Waals surface area contributed by atoms with Crippen molar-refractivity contribution >= 4 is 17.8 Å². The summed E-state index contributed by atoms with van der Waals surface area (Å²) < 4.78 is 0. The normalized spacial score (nSPS) is 13.7. The van der Waals surface area contributed by atoms with E-state index in [1.807, 2.05) is 13.8 Å². The molecule has 2 unspecified atom stereocenters. The van der Waals surface area contributed by atoms with Crippen molar-refractivity contribution in [1.82, 2.24) is 10.6 Å². The van der Waals surface area contributed by atoms with Gasteiger partial charge >= 0.3 is 5.97 Å². The summed E-state index contributed by atoms with van der Waals surface area (Å²) in [5, 5.41) is 13.5. The lowest BCUT2D eigenvalue weighted by atomic mass is 10.0. The van der Waals surface area contributed by atoms with Gasteiger partial charge in [0.2, 0.25) is 11.8 Å². The van der Waals surface area contributed by atoms with Gasteiger partial charge in [0.25, 0.3) is 0 Å². The van der Waals surface area contributed by atoms with E-state index in [4.69, 9.17) is 10.8 Å². The van der Waals surface area contributed by atoms with Gasteiger partial charge in [-0.2, -0.15) is 0 Å². The molecule has 19 heavy (non-hydrogen) atoms. The van der Waals surface area contributed by atoms with Crippen LogP contribution in [0.2, 0.25) is 0 Å². The number of likely N-dealkylation sites (N-methyl/N-ethyl adjacent to an activating group) is 1. The number of carboxylic acids is 1. The predicted octanol–water partition coefficient (Wildman–Crippen LogP) is -0.545. The number of nitrogens with one attached hydrogen (secondary N) is 2. The van der Waals surface area contributed by atoms with Crippen LogP contribution in [-0.4, -0.2) is 42.0 Å². The van der Waals surface area contributed by atoms with Gasteiger partial charge in [-0.05, 0) is 18.8 Å². The molecule has 0 aromatic carbocycles. The van der Waals surface area contributed by atoms with Crippen LogP contribution in [0.1, 0.15) is 33.1 Å². The molecular formula is C12H23N3O4. The first kappa shape index (κ1) is 17.4. The first-order valence-corrected chi connectivity index (χ1v) is 6.27. The molecule has 2 amide bonds. The smallest absolute Gasteiger partial charge is 0.303 e. The Kier molecular flexibility index (Phi) is 7.74. The van der Waals surface area contributed by atoms with Gasteiger partial charge in [0, 0.05) is 13.5 Å². The zero-order valence-corrected chi connectivity index (χ0v) is 11.6. The van der Waals surface area contributed by atoms with Gasteiger partial charge in [-0.25, -0.2) is 0 Å². The van der Waals surface area contributed by atoms with Crippen LogP contribution in [0.25, 0.3) is 0 Å². The SMILES string of the molecule is CNC(=O)C(CC(C)C)NC(=O)C(N)CCC(=O)O. The number of nitrogens with two attached hydrogens (primary N) is 1. The van der Waals surface area contributed by atoms with Crippen molar-refractivity contribution in [2.75, 3.05) is 7.05 Å². The Morgan fingerprint density at radius 3 is 2.21 bits per heavy atom. The Balaban J connectivity index is 4.44. The minimum atomic E-state index is -1.01. The van der Waals surface area contributed by atoms with Gasteiger partial charge in [-0.15, -0.1) is 0 Å². The molecule has 2 atom stereocenters. The lowest BCUT2D eigenvalue weighted by Crippen LogP contribution is -2.51. The molecule has 0 aromatic rings. The molecule has 0 aliphatic heterocycles. The van der Waals surface area contributed by atoms with Crippen molar-refractivity contribution in [3.8, 4) is 0 Å². The average molecular weight is 273 g/mol. The standard InChI is InChI=1S/C12H23N3O4/c1-7(2)6-9(12(19)14-3)15-11(18)8(13)4-5-10(16)17/h7-9H,4-6,13H2,1-3H3,(H,14,19)(H,15,18)(H,16,17). The van der Waals surface area contributed by atoms with Crippen molar-refractivity contribution in [1.29, 1.82) is 0 Å². The fourth-order valence-corrected chi connectivity index (χ4v) is 1.57. The summed E-state index contributed by atoms with van der Waals surface area (Å²) in [6.07, 6.45) is 0.365. The average Bonchev–Trinajstić information content (AvgIpc) is 2.33. The highest BCUT2D eigenvalue weighted by Gasteiger charge is 2.23. The minimum Gasteiger partial charge on any atom is -0.481 e. The number of carbonyl (C=O) groups is 3. The highest BCUT2D eigenvalue weighted by atomic mass is 16.4. The quantitative estimate of drug-likeness (QED) is 0.473. The summed E-state index contributed by atoms with van der Waals surface area (Å²) >= 11 is 0. The van der Waals surface area contributed by atoms with Crippen LogP contribution in [0.15, 0.2) is 0 Å². The number of carboxylic acid groups (broad SMARTS) is 1. The Bertz CT molecular complexity index is 331. The summed E-state index contributed by atoms with van der Waals surface area (Å²) in [5.41, 5.74) is 5.58. The number of carbonyl (C=O) groups excluding carboxylic acids is 2. The van der Waals surface area contributed by atoms with Crippen LogP contribution in [0, 0.1) is 5.92 Å². The minimum absolute atomic E-state index is 0.0449. The zero-order valence-electron chi connectivity index (χ0n) is 11.6. The molecule has 0 spiro atoms. The third kappa shape index (κ3) is 7.40. The monoisotopic (exact) mass is 273 g/mol. The van der Waals surface area contributed by atoms with Crippen LogP contribution >= 0.6 is 0 Å². The Hall–Kier alpha value is -1.63. The highest BCUT2D eigenvalue weighted by molar-refractivity contribution is 5.89.